The van der Waals surface area contributed by atoms with E-state index in [0.717, 1.165) is 14.6 Å². The zero-order valence-corrected chi connectivity index (χ0v) is 12.5. The number of benzene rings is 2. The average Bonchev–Trinajstić information content (AvgIpc) is 2.68. The van der Waals surface area contributed by atoms with Crippen molar-refractivity contribution >= 4 is 51.2 Å². The monoisotopic (exact) mass is 387 g/mol. The van der Waals surface area contributed by atoms with E-state index in [0.29, 0.717) is 5.69 Å². The normalized spacial score (nSPS) is 11.1. The summed E-state index contributed by atoms with van der Waals surface area (Å²) < 4.78 is 16.7. The molecule has 0 unspecified atom stereocenters. The molecule has 0 fully saturated rings. The van der Waals surface area contributed by atoms with E-state index >= 15 is 0 Å². The number of nitrogens with two attached hydrogens (primary N) is 1. The van der Waals surface area contributed by atoms with Gasteiger partial charge in [-0.15, -0.1) is 0 Å². The first-order valence-corrected chi connectivity index (χ1v) is 6.91. The molecular formula is C13H8ClFIN3. The number of imidazole rings is 1. The third kappa shape index (κ3) is 2.06. The molecule has 6 heteroatoms. The Labute approximate surface area is 127 Å². The first-order valence-electron chi connectivity index (χ1n) is 5.46. The van der Waals surface area contributed by atoms with E-state index in [1.165, 1.54) is 6.07 Å². The maximum Gasteiger partial charge on any atom is 0.206 e. The number of fused-ring (bicyclic) bond motifs is 1. The SMILES string of the molecule is Nc1nc2cc(I)ccc2n1-c1cccc(Cl)c1F. The van der Waals surface area contributed by atoms with Crippen molar-refractivity contribution in [1.82, 2.24) is 9.55 Å². The Bertz CT molecular complexity index is 785. The van der Waals surface area contributed by atoms with Crippen LogP contribution in [0.3, 0.4) is 0 Å². The fraction of sp³-hybridized carbons (Fsp3) is 0. The first kappa shape index (κ1) is 12.7. The van der Waals surface area contributed by atoms with Crippen molar-refractivity contribution in [2.75, 3.05) is 5.73 Å². The molecule has 1 aromatic heterocycles. The molecule has 0 amide bonds. The molecular weight excluding hydrogens is 380 g/mol. The largest absolute Gasteiger partial charge is 0.369 e. The number of hydrogen-bond donors (Lipinski definition) is 1. The van der Waals surface area contributed by atoms with Crippen LogP contribution in [-0.2, 0) is 0 Å². The maximum absolute atomic E-state index is 14.1. The Morgan fingerprint density at radius 3 is 2.84 bits per heavy atom. The lowest BCUT2D eigenvalue weighted by molar-refractivity contribution is 0.620. The van der Waals surface area contributed by atoms with Crippen LogP contribution in [-0.4, -0.2) is 9.55 Å². The number of aromatic nitrogens is 2. The van der Waals surface area contributed by atoms with Crippen molar-refractivity contribution in [2.45, 2.75) is 0 Å². The molecule has 3 aromatic rings. The first-order chi connectivity index (χ1) is 9.08. The van der Waals surface area contributed by atoms with Gasteiger partial charge >= 0.3 is 0 Å². The topological polar surface area (TPSA) is 43.8 Å². The molecule has 0 bridgehead atoms. The highest BCUT2D eigenvalue weighted by atomic mass is 127. The molecule has 2 aromatic carbocycles. The Balaban J connectivity index is 2.36. The Kier molecular flexibility index (Phi) is 3.10. The standard InChI is InChI=1S/C13H8ClFIN3/c14-8-2-1-3-11(12(8)15)19-10-5-4-7(16)6-9(10)18-13(19)17/h1-6H,(H2,17,18). The molecule has 2 N–H and O–H groups in total. The van der Waals surface area contributed by atoms with Gasteiger partial charge < -0.3 is 5.73 Å². The fourth-order valence-electron chi connectivity index (χ4n) is 1.99. The van der Waals surface area contributed by atoms with Crippen molar-refractivity contribution in [2.24, 2.45) is 0 Å². The fourth-order valence-corrected chi connectivity index (χ4v) is 2.63. The van der Waals surface area contributed by atoms with Gasteiger partial charge in [-0.05, 0) is 52.9 Å². The van der Waals surface area contributed by atoms with Crippen molar-refractivity contribution < 1.29 is 4.39 Å². The number of nitrogens with zero attached hydrogens (tertiary/aromatic N) is 2. The maximum atomic E-state index is 14.1. The second-order valence-electron chi connectivity index (χ2n) is 4.01. The summed E-state index contributed by atoms with van der Waals surface area (Å²) in [5.41, 5.74) is 7.67. The molecule has 3 rings (SSSR count). The second kappa shape index (κ2) is 4.64. The van der Waals surface area contributed by atoms with Gasteiger partial charge in [-0.3, -0.25) is 4.57 Å². The zero-order chi connectivity index (χ0) is 13.6. The minimum absolute atomic E-state index is 0.0595. The molecule has 0 aliphatic rings. The lowest BCUT2D eigenvalue weighted by atomic mass is 10.2. The summed E-state index contributed by atoms with van der Waals surface area (Å²) in [5.74, 6) is -0.271. The molecule has 1 heterocycles. The number of rotatable bonds is 1. The van der Waals surface area contributed by atoms with Gasteiger partial charge in [0, 0.05) is 3.57 Å². The predicted octanol–water partition coefficient (Wildman–Crippen LogP) is 4.00. The molecule has 0 atom stereocenters. The molecule has 0 aliphatic carbocycles. The average molecular weight is 388 g/mol. The third-order valence-electron chi connectivity index (χ3n) is 2.81. The molecule has 19 heavy (non-hydrogen) atoms. The van der Waals surface area contributed by atoms with Crippen molar-refractivity contribution in [1.29, 1.82) is 0 Å². The van der Waals surface area contributed by atoms with Gasteiger partial charge in [0.05, 0.1) is 21.7 Å². The van der Waals surface area contributed by atoms with Gasteiger partial charge in [0.15, 0.2) is 5.82 Å². The van der Waals surface area contributed by atoms with Crippen molar-refractivity contribution in [3.8, 4) is 5.69 Å². The molecule has 0 saturated carbocycles. The van der Waals surface area contributed by atoms with Crippen molar-refractivity contribution in [3.05, 3.63) is 50.8 Å². The second-order valence-corrected chi connectivity index (χ2v) is 5.66. The third-order valence-corrected chi connectivity index (χ3v) is 3.78. The number of hydrogen-bond acceptors (Lipinski definition) is 2. The van der Waals surface area contributed by atoms with Crippen LogP contribution in [0.2, 0.25) is 5.02 Å². The highest BCUT2D eigenvalue weighted by Crippen LogP contribution is 2.28. The van der Waals surface area contributed by atoms with Gasteiger partial charge in [-0.25, -0.2) is 9.37 Å². The lowest BCUT2D eigenvalue weighted by Gasteiger charge is -2.08. The van der Waals surface area contributed by atoms with Gasteiger partial charge in [0.25, 0.3) is 0 Å². The van der Waals surface area contributed by atoms with Crippen molar-refractivity contribution in [3.63, 3.8) is 0 Å². The molecule has 3 nitrogen and oxygen atoms in total. The van der Waals surface area contributed by atoms with E-state index in [2.05, 4.69) is 27.6 Å². The zero-order valence-electron chi connectivity index (χ0n) is 9.57. The van der Waals surface area contributed by atoms with Crippen LogP contribution >= 0.6 is 34.2 Å². The van der Waals surface area contributed by atoms with Gasteiger partial charge in [0.2, 0.25) is 5.95 Å². The Morgan fingerprint density at radius 1 is 1.26 bits per heavy atom. The van der Waals surface area contributed by atoms with Gasteiger partial charge in [-0.2, -0.15) is 0 Å². The summed E-state index contributed by atoms with van der Waals surface area (Å²) in [7, 11) is 0. The summed E-state index contributed by atoms with van der Waals surface area (Å²) >= 11 is 8.00. The van der Waals surface area contributed by atoms with Gasteiger partial charge in [0.1, 0.15) is 0 Å². The highest BCUT2D eigenvalue weighted by molar-refractivity contribution is 14.1. The summed E-state index contributed by atoms with van der Waals surface area (Å²) in [4.78, 5) is 4.25. The van der Waals surface area contributed by atoms with Crippen LogP contribution in [0.15, 0.2) is 36.4 Å². The number of anilines is 1. The van der Waals surface area contributed by atoms with Crippen LogP contribution < -0.4 is 5.73 Å². The highest BCUT2D eigenvalue weighted by Gasteiger charge is 2.15. The van der Waals surface area contributed by atoms with Crippen LogP contribution in [0, 0.1) is 9.39 Å². The Hall–Kier alpha value is -1.34. The lowest BCUT2D eigenvalue weighted by Crippen LogP contribution is -2.03. The summed E-state index contributed by atoms with van der Waals surface area (Å²) in [6.07, 6.45) is 0. The molecule has 0 spiro atoms. The molecule has 0 radical (unpaired) electrons. The van der Waals surface area contributed by atoms with Gasteiger partial charge in [-0.1, -0.05) is 17.7 Å². The van der Waals surface area contributed by atoms with Crippen LogP contribution in [0.25, 0.3) is 16.7 Å². The van der Waals surface area contributed by atoms with E-state index in [1.54, 1.807) is 16.7 Å². The predicted molar refractivity (Wildman–Crippen MR) is 83.2 cm³/mol. The summed E-state index contributed by atoms with van der Waals surface area (Å²) in [6.45, 7) is 0. The van der Waals surface area contributed by atoms with E-state index in [1.807, 2.05) is 18.2 Å². The van der Waals surface area contributed by atoms with E-state index < -0.39 is 5.82 Å². The summed E-state index contributed by atoms with van der Waals surface area (Å²) in [5, 5.41) is 0.0595. The minimum Gasteiger partial charge on any atom is -0.369 e. The molecule has 0 aliphatic heterocycles. The number of nitrogen functional groups attached to an aromatic ring is 1. The number of halogens is 3. The quantitative estimate of drug-likeness (QED) is 0.641. The molecule has 96 valence electrons. The Morgan fingerprint density at radius 2 is 2.05 bits per heavy atom. The van der Waals surface area contributed by atoms with Crippen LogP contribution in [0.1, 0.15) is 0 Å². The van der Waals surface area contributed by atoms with E-state index in [4.69, 9.17) is 17.3 Å². The molecule has 0 saturated heterocycles. The summed E-state index contributed by atoms with van der Waals surface area (Å²) in [6, 6.07) is 10.5. The van der Waals surface area contributed by atoms with E-state index in [9.17, 15) is 4.39 Å². The minimum atomic E-state index is -0.506. The van der Waals surface area contributed by atoms with Crippen LogP contribution in [0.4, 0.5) is 10.3 Å². The smallest absolute Gasteiger partial charge is 0.206 e. The van der Waals surface area contributed by atoms with Crippen LogP contribution in [0.5, 0.6) is 0 Å². The van der Waals surface area contributed by atoms with E-state index in [-0.39, 0.29) is 11.0 Å².